The Morgan fingerprint density at radius 2 is 2.38 bits per heavy atom. The SMILES string of the molecule is Cc1cc(CC(=O)Nc2cc([C@H]3C[CH]CC3)[nH]n2)ccn1. The molecule has 1 aliphatic rings. The minimum atomic E-state index is -0.0587. The topological polar surface area (TPSA) is 70.7 Å². The Balaban J connectivity index is 1.59. The van der Waals surface area contributed by atoms with E-state index >= 15 is 0 Å². The van der Waals surface area contributed by atoms with E-state index < -0.39 is 0 Å². The summed E-state index contributed by atoms with van der Waals surface area (Å²) in [4.78, 5) is 16.2. The first kappa shape index (κ1) is 13.8. The van der Waals surface area contributed by atoms with E-state index in [2.05, 4.69) is 26.9 Å². The number of nitrogens with zero attached hydrogens (tertiary/aromatic N) is 2. The third-order valence-corrected chi connectivity index (χ3v) is 3.80. The van der Waals surface area contributed by atoms with Crippen molar-refractivity contribution in [2.24, 2.45) is 0 Å². The highest BCUT2D eigenvalue weighted by atomic mass is 16.1. The summed E-state index contributed by atoms with van der Waals surface area (Å²) < 4.78 is 0. The molecule has 2 heterocycles. The number of nitrogens with one attached hydrogen (secondary N) is 2. The number of H-pyrrole nitrogens is 1. The Hall–Kier alpha value is -2.17. The average molecular weight is 283 g/mol. The second-order valence-corrected chi connectivity index (χ2v) is 5.54. The first-order chi connectivity index (χ1) is 10.2. The number of aromatic nitrogens is 3. The molecule has 0 aromatic carbocycles. The van der Waals surface area contributed by atoms with Crippen LogP contribution in [0.1, 0.15) is 42.1 Å². The van der Waals surface area contributed by atoms with E-state index in [1.165, 1.54) is 0 Å². The van der Waals surface area contributed by atoms with Crippen LogP contribution in [0.15, 0.2) is 24.4 Å². The van der Waals surface area contributed by atoms with Crippen molar-refractivity contribution in [2.75, 3.05) is 5.32 Å². The summed E-state index contributed by atoms with van der Waals surface area (Å²) in [7, 11) is 0. The Morgan fingerprint density at radius 1 is 1.48 bits per heavy atom. The Labute approximate surface area is 124 Å². The fourth-order valence-corrected chi connectivity index (χ4v) is 2.73. The highest BCUT2D eigenvalue weighted by Gasteiger charge is 2.19. The maximum atomic E-state index is 12.0. The number of anilines is 1. The lowest BCUT2D eigenvalue weighted by Gasteiger charge is -2.04. The van der Waals surface area contributed by atoms with Crippen LogP contribution in [0.25, 0.3) is 0 Å². The Bertz CT molecular complexity index is 629. The molecule has 1 atom stereocenters. The van der Waals surface area contributed by atoms with E-state index in [0.717, 1.165) is 36.2 Å². The second kappa shape index (κ2) is 6.08. The predicted molar refractivity (Wildman–Crippen MR) is 80.8 cm³/mol. The van der Waals surface area contributed by atoms with Gasteiger partial charge in [-0.2, -0.15) is 5.10 Å². The highest BCUT2D eigenvalue weighted by Crippen LogP contribution is 2.32. The van der Waals surface area contributed by atoms with Crippen LogP contribution in [-0.4, -0.2) is 21.1 Å². The van der Waals surface area contributed by atoms with Crippen LogP contribution < -0.4 is 5.32 Å². The molecule has 5 nitrogen and oxygen atoms in total. The maximum absolute atomic E-state index is 12.0. The van der Waals surface area contributed by atoms with Crippen molar-refractivity contribution < 1.29 is 4.79 Å². The monoisotopic (exact) mass is 283 g/mol. The lowest BCUT2D eigenvalue weighted by atomic mass is 10.0. The van der Waals surface area contributed by atoms with Gasteiger partial charge in [0.25, 0.3) is 0 Å². The summed E-state index contributed by atoms with van der Waals surface area (Å²) in [5.74, 6) is 1.07. The van der Waals surface area contributed by atoms with Crippen LogP contribution in [0.2, 0.25) is 0 Å². The van der Waals surface area contributed by atoms with Crippen LogP contribution in [0.4, 0.5) is 5.82 Å². The molecule has 0 spiro atoms. The van der Waals surface area contributed by atoms with Crippen LogP contribution in [0.5, 0.6) is 0 Å². The van der Waals surface area contributed by atoms with Crippen molar-refractivity contribution in [2.45, 2.75) is 38.5 Å². The molecule has 1 radical (unpaired) electrons. The summed E-state index contributed by atoms with van der Waals surface area (Å²) in [6.45, 7) is 1.92. The number of aromatic amines is 1. The van der Waals surface area contributed by atoms with Gasteiger partial charge >= 0.3 is 0 Å². The quantitative estimate of drug-likeness (QED) is 0.906. The fraction of sp³-hybridized carbons (Fsp3) is 0.375. The molecule has 0 bridgehead atoms. The van der Waals surface area contributed by atoms with Crippen molar-refractivity contribution in [3.8, 4) is 0 Å². The molecule has 109 valence electrons. The van der Waals surface area contributed by atoms with E-state index in [-0.39, 0.29) is 5.91 Å². The maximum Gasteiger partial charge on any atom is 0.229 e. The first-order valence-corrected chi connectivity index (χ1v) is 7.29. The Morgan fingerprint density at radius 3 is 3.14 bits per heavy atom. The van der Waals surface area contributed by atoms with Gasteiger partial charge in [0.2, 0.25) is 5.91 Å². The van der Waals surface area contributed by atoms with Gasteiger partial charge in [0.05, 0.1) is 6.42 Å². The van der Waals surface area contributed by atoms with Gasteiger partial charge in [0.1, 0.15) is 0 Å². The van der Waals surface area contributed by atoms with Gasteiger partial charge in [0, 0.05) is 29.6 Å². The number of carbonyl (C=O) groups is 1. The smallest absolute Gasteiger partial charge is 0.229 e. The summed E-state index contributed by atoms with van der Waals surface area (Å²) in [5, 5.41) is 10.0. The van der Waals surface area contributed by atoms with Crippen LogP contribution in [0, 0.1) is 13.3 Å². The van der Waals surface area contributed by atoms with Crippen molar-refractivity contribution in [3.63, 3.8) is 0 Å². The van der Waals surface area contributed by atoms with E-state index in [0.29, 0.717) is 18.2 Å². The molecule has 1 fully saturated rings. The van der Waals surface area contributed by atoms with Crippen molar-refractivity contribution in [3.05, 3.63) is 47.8 Å². The molecule has 0 saturated heterocycles. The molecule has 3 rings (SSSR count). The first-order valence-electron chi connectivity index (χ1n) is 7.29. The molecule has 2 N–H and O–H groups in total. The summed E-state index contributed by atoms with van der Waals surface area (Å²) >= 11 is 0. The van der Waals surface area contributed by atoms with Gasteiger partial charge in [-0.15, -0.1) is 0 Å². The summed E-state index contributed by atoms with van der Waals surface area (Å²) in [6, 6.07) is 5.72. The summed E-state index contributed by atoms with van der Waals surface area (Å²) in [5.41, 5.74) is 2.99. The molecule has 0 unspecified atom stereocenters. The predicted octanol–water partition coefficient (Wildman–Crippen LogP) is 2.77. The van der Waals surface area contributed by atoms with Gasteiger partial charge in [-0.05, 0) is 50.3 Å². The Kier molecular flexibility index (Phi) is 3.99. The van der Waals surface area contributed by atoms with E-state index in [1.54, 1.807) is 6.20 Å². The number of amides is 1. The second-order valence-electron chi connectivity index (χ2n) is 5.54. The zero-order valence-electron chi connectivity index (χ0n) is 12.1. The fourth-order valence-electron chi connectivity index (χ4n) is 2.73. The largest absolute Gasteiger partial charge is 0.309 e. The average Bonchev–Trinajstić information content (AvgIpc) is 3.08. The van der Waals surface area contributed by atoms with Gasteiger partial charge in [-0.25, -0.2) is 0 Å². The third-order valence-electron chi connectivity index (χ3n) is 3.80. The van der Waals surface area contributed by atoms with Crippen LogP contribution >= 0.6 is 0 Å². The third kappa shape index (κ3) is 3.48. The number of hydrogen-bond donors (Lipinski definition) is 2. The highest BCUT2D eigenvalue weighted by molar-refractivity contribution is 5.91. The normalized spacial score (nSPS) is 15.3. The van der Waals surface area contributed by atoms with Gasteiger partial charge in [-0.1, -0.05) is 0 Å². The molecular weight excluding hydrogens is 264 g/mol. The van der Waals surface area contributed by atoms with E-state index in [4.69, 9.17) is 0 Å². The lowest BCUT2D eigenvalue weighted by Crippen LogP contribution is -2.14. The van der Waals surface area contributed by atoms with E-state index in [1.807, 2.05) is 25.1 Å². The van der Waals surface area contributed by atoms with Crippen molar-refractivity contribution in [1.82, 2.24) is 15.2 Å². The van der Waals surface area contributed by atoms with Crippen molar-refractivity contribution >= 4 is 11.7 Å². The van der Waals surface area contributed by atoms with Crippen LogP contribution in [0.3, 0.4) is 0 Å². The summed E-state index contributed by atoms with van der Waals surface area (Å²) in [6.07, 6.45) is 7.77. The number of aryl methyl sites for hydroxylation is 1. The number of carbonyl (C=O) groups excluding carboxylic acids is 1. The van der Waals surface area contributed by atoms with Gasteiger partial charge in [0.15, 0.2) is 5.82 Å². The number of hydrogen-bond acceptors (Lipinski definition) is 3. The molecule has 1 aliphatic carbocycles. The number of pyridine rings is 1. The van der Waals surface area contributed by atoms with Crippen LogP contribution in [-0.2, 0) is 11.2 Å². The minimum Gasteiger partial charge on any atom is -0.309 e. The van der Waals surface area contributed by atoms with Gasteiger partial charge in [-0.3, -0.25) is 14.9 Å². The molecule has 2 aromatic rings. The zero-order valence-corrected chi connectivity index (χ0v) is 12.1. The molecule has 2 aromatic heterocycles. The lowest BCUT2D eigenvalue weighted by molar-refractivity contribution is -0.115. The molecular formula is C16H19N4O. The number of rotatable bonds is 4. The molecule has 1 saturated carbocycles. The molecule has 5 heteroatoms. The zero-order chi connectivity index (χ0) is 14.7. The van der Waals surface area contributed by atoms with Crippen molar-refractivity contribution in [1.29, 1.82) is 0 Å². The minimum absolute atomic E-state index is 0.0587. The van der Waals surface area contributed by atoms with Gasteiger partial charge < -0.3 is 5.32 Å². The standard InChI is InChI=1S/C16H19N4O/c1-11-8-12(6-7-17-11)9-16(21)18-15-10-14(19-20-15)13-4-2-3-5-13/h2,6-8,10,13H,3-5,9H2,1H3,(H2,18,19,20,21)/t13-/m0/s1. The molecule has 0 aliphatic heterocycles. The van der Waals surface area contributed by atoms with E-state index in [9.17, 15) is 4.79 Å². The molecule has 21 heavy (non-hydrogen) atoms. The molecule has 1 amide bonds.